The molecule has 0 aliphatic carbocycles. The molecule has 1 unspecified atom stereocenters. The van der Waals surface area contributed by atoms with Crippen molar-refractivity contribution in [1.29, 1.82) is 0 Å². The van der Waals surface area contributed by atoms with Crippen LogP contribution in [0.15, 0.2) is 0 Å². The zero-order valence-electron chi connectivity index (χ0n) is 9.46. The summed E-state index contributed by atoms with van der Waals surface area (Å²) in [6.07, 6.45) is 1.25. The summed E-state index contributed by atoms with van der Waals surface area (Å²) >= 11 is 0. The molecular weight excluding hydrogens is 145 g/mol. The molecule has 1 atom stereocenters. The Hall–Kier alpha value is 0.0249. The Morgan fingerprint density at radius 3 is 1.33 bits per heavy atom. The zero-order valence-corrected chi connectivity index (χ0v) is 9.46. The molecular formula is C10H23BN. The highest BCUT2D eigenvalue weighted by atomic mass is 15.2. The van der Waals surface area contributed by atoms with Crippen molar-refractivity contribution < 1.29 is 0 Å². The second-order valence-electron chi connectivity index (χ2n) is 3.89. The molecule has 71 valence electrons. The van der Waals surface area contributed by atoms with Crippen molar-refractivity contribution in [2.75, 3.05) is 0 Å². The van der Waals surface area contributed by atoms with Crippen molar-refractivity contribution in [2.24, 2.45) is 0 Å². The number of nitrogens with zero attached hydrogens (tertiary/aromatic N) is 1. The summed E-state index contributed by atoms with van der Waals surface area (Å²) in [6.45, 7) is 13.6. The molecule has 0 aliphatic heterocycles. The van der Waals surface area contributed by atoms with Gasteiger partial charge in [0.05, 0.1) is 0 Å². The molecule has 2 heteroatoms. The maximum Gasteiger partial charge on any atom is 0.00697 e. The average Bonchev–Trinajstić information content (AvgIpc) is 1.85. The summed E-state index contributed by atoms with van der Waals surface area (Å²) in [4.78, 5) is 2.56. The minimum atomic E-state index is 0. The van der Waals surface area contributed by atoms with Gasteiger partial charge in [-0.15, -0.1) is 0 Å². The van der Waals surface area contributed by atoms with E-state index in [0.717, 1.165) is 6.04 Å². The Labute approximate surface area is 80.1 Å². The van der Waals surface area contributed by atoms with Crippen LogP contribution in [0.5, 0.6) is 0 Å². The van der Waals surface area contributed by atoms with Crippen LogP contribution in [0, 0.1) is 0 Å². The fraction of sp³-hybridized carbons (Fsp3) is 1.00. The second kappa shape index (κ2) is 6.53. The summed E-state index contributed by atoms with van der Waals surface area (Å²) < 4.78 is 0. The summed E-state index contributed by atoms with van der Waals surface area (Å²) in [6, 6.07) is 2.06. The van der Waals surface area contributed by atoms with Gasteiger partial charge in [-0.1, -0.05) is 6.92 Å². The lowest BCUT2D eigenvalue weighted by atomic mass is 10.1. The van der Waals surface area contributed by atoms with Crippen molar-refractivity contribution in [3.63, 3.8) is 0 Å². The van der Waals surface area contributed by atoms with Gasteiger partial charge in [-0.2, -0.15) is 0 Å². The molecule has 0 amide bonds. The van der Waals surface area contributed by atoms with Crippen molar-refractivity contribution >= 4 is 8.41 Å². The monoisotopic (exact) mass is 168 g/mol. The molecule has 0 heterocycles. The van der Waals surface area contributed by atoms with Crippen molar-refractivity contribution in [1.82, 2.24) is 4.90 Å². The maximum atomic E-state index is 2.56. The van der Waals surface area contributed by atoms with E-state index in [9.17, 15) is 0 Å². The van der Waals surface area contributed by atoms with Crippen LogP contribution >= 0.6 is 0 Å². The van der Waals surface area contributed by atoms with E-state index in [1.165, 1.54) is 6.42 Å². The molecule has 0 aromatic rings. The van der Waals surface area contributed by atoms with E-state index >= 15 is 0 Å². The standard InChI is InChI=1S/C10H23N.B/c1-7-10(6)11(8(2)3)9(4)5;/h8-10H,7H2,1-6H3;. The zero-order chi connectivity index (χ0) is 9.02. The minimum Gasteiger partial charge on any atom is -0.296 e. The Morgan fingerprint density at radius 2 is 1.25 bits per heavy atom. The van der Waals surface area contributed by atoms with Gasteiger partial charge in [0.2, 0.25) is 0 Å². The maximum absolute atomic E-state index is 2.56. The topological polar surface area (TPSA) is 3.24 Å². The van der Waals surface area contributed by atoms with E-state index in [1.54, 1.807) is 0 Å². The first kappa shape index (κ1) is 14.5. The Bertz CT molecular complexity index is 94.0. The molecule has 0 fully saturated rings. The molecule has 0 rings (SSSR count). The summed E-state index contributed by atoms with van der Waals surface area (Å²) in [5.41, 5.74) is 0. The molecule has 0 spiro atoms. The predicted molar refractivity (Wildman–Crippen MR) is 57.6 cm³/mol. The third-order valence-corrected chi connectivity index (χ3v) is 2.29. The molecule has 0 saturated carbocycles. The SMILES string of the molecule is CCC(C)N(C(C)C)C(C)C.[B]. The summed E-state index contributed by atoms with van der Waals surface area (Å²) in [7, 11) is 0. The minimum absolute atomic E-state index is 0. The highest BCUT2D eigenvalue weighted by Crippen LogP contribution is 2.12. The summed E-state index contributed by atoms with van der Waals surface area (Å²) in [5, 5.41) is 0. The van der Waals surface area contributed by atoms with Crippen LogP contribution in [0.1, 0.15) is 48.0 Å². The lowest BCUT2D eigenvalue weighted by Gasteiger charge is -2.35. The molecule has 1 nitrogen and oxygen atoms in total. The third kappa shape index (κ3) is 4.15. The van der Waals surface area contributed by atoms with Crippen molar-refractivity contribution in [3.8, 4) is 0 Å². The Balaban J connectivity index is 0. The highest BCUT2D eigenvalue weighted by molar-refractivity contribution is 5.75. The van der Waals surface area contributed by atoms with Gasteiger partial charge >= 0.3 is 0 Å². The van der Waals surface area contributed by atoms with Gasteiger partial charge in [-0.25, -0.2) is 0 Å². The first-order valence-corrected chi connectivity index (χ1v) is 4.78. The lowest BCUT2D eigenvalue weighted by molar-refractivity contribution is 0.120. The van der Waals surface area contributed by atoms with Gasteiger partial charge in [-0.05, 0) is 41.0 Å². The Morgan fingerprint density at radius 1 is 0.917 bits per heavy atom. The molecule has 0 aliphatic rings. The van der Waals surface area contributed by atoms with E-state index in [2.05, 4.69) is 46.4 Å². The van der Waals surface area contributed by atoms with Crippen LogP contribution in [0.3, 0.4) is 0 Å². The number of hydrogen-bond acceptors (Lipinski definition) is 1. The van der Waals surface area contributed by atoms with E-state index in [-0.39, 0.29) is 8.41 Å². The molecule has 0 aromatic carbocycles. The van der Waals surface area contributed by atoms with Crippen LogP contribution < -0.4 is 0 Å². The number of hydrogen-bond donors (Lipinski definition) is 0. The fourth-order valence-electron chi connectivity index (χ4n) is 1.83. The fourth-order valence-corrected chi connectivity index (χ4v) is 1.83. The van der Waals surface area contributed by atoms with Gasteiger partial charge in [0.15, 0.2) is 0 Å². The number of rotatable bonds is 4. The first-order chi connectivity index (χ1) is 5.00. The molecule has 0 N–H and O–H groups in total. The van der Waals surface area contributed by atoms with E-state index in [4.69, 9.17) is 0 Å². The van der Waals surface area contributed by atoms with Crippen LogP contribution in [0.2, 0.25) is 0 Å². The molecule has 12 heavy (non-hydrogen) atoms. The van der Waals surface area contributed by atoms with Crippen LogP contribution in [-0.4, -0.2) is 31.4 Å². The van der Waals surface area contributed by atoms with Crippen LogP contribution in [-0.2, 0) is 0 Å². The normalized spacial score (nSPS) is 13.8. The molecule has 0 aromatic heterocycles. The third-order valence-electron chi connectivity index (χ3n) is 2.29. The molecule has 0 bridgehead atoms. The lowest BCUT2D eigenvalue weighted by Crippen LogP contribution is -2.43. The first-order valence-electron chi connectivity index (χ1n) is 4.78. The Kier molecular flexibility index (Phi) is 7.92. The van der Waals surface area contributed by atoms with Gasteiger partial charge in [0.1, 0.15) is 0 Å². The van der Waals surface area contributed by atoms with Gasteiger partial charge in [0.25, 0.3) is 0 Å². The van der Waals surface area contributed by atoms with E-state index in [1.807, 2.05) is 0 Å². The quantitative estimate of drug-likeness (QED) is 0.583. The van der Waals surface area contributed by atoms with Crippen molar-refractivity contribution in [3.05, 3.63) is 0 Å². The van der Waals surface area contributed by atoms with E-state index < -0.39 is 0 Å². The average molecular weight is 168 g/mol. The highest BCUT2D eigenvalue weighted by Gasteiger charge is 2.17. The van der Waals surface area contributed by atoms with Gasteiger partial charge < -0.3 is 0 Å². The van der Waals surface area contributed by atoms with Crippen molar-refractivity contribution in [2.45, 2.75) is 66.1 Å². The van der Waals surface area contributed by atoms with Gasteiger partial charge in [0, 0.05) is 26.5 Å². The largest absolute Gasteiger partial charge is 0.296 e. The molecule has 3 radical (unpaired) electrons. The predicted octanol–water partition coefficient (Wildman–Crippen LogP) is 2.52. The molecule has 0 saturated heterocycles. The summed E-state index contributed by atoms with van der Waals surface area (Å²) in [5.74, 6) is 0. The van der Waals surface area contributed by atoms with E-state index in [0.29, 0.717) is 12.1 Å². The van der Waals surface area contributed by atoms with Crippen LogP contribution in [0.25, 0.3) is 0 Å². The smallest absolute Gasteiger partial charge is 0.00697 e. The van der Waals surface area contributed by atoms with Crippen LogP contribution in [0.4, 0.5) is 0 Å². The second-order valence-corrected chi connectivity index (χ2v) is 3.89. The van der Waals surface area contributed by atoms with Gasteiger partial charge in [-0.3, -0.25) is 4.90 Å².